The van der Waals surface area contributed by atoms with E-state index in [0.29, 0.717) is 35.5 Å². The lowest BCUT2D eigenvalue weighted by molar-refractivity contribution is 0.102. The first kappa shape index (κ1) is 19.1. The quantitative estimate of drug-likeness (QED) is 0.733. The van der Waals surface area contributed by atoms with Gasteiger partial charge in [-0.3, -0.25) is 4.79 Å². The molecule has 0 radical (unpaired) electrons. The third-order valence-corrected chi connectivity index (χ3v) is 3.86. The van der Waals surface area contributed by atoms with Crippen LogP contribution < -0.4 is 10.6 Å². The van der Waals surface area contributed by atoms with Crippen LogP contribution in [0.1, 0.15) is 33.7 Å². The average molecular weight is 363 g/mol. The number of amides is 1. The van der Waals surface area contributed by atoms with Gasteiger partial charge in [0, 0.05) is 26.0 Å². The molecule has 25 heavy (non-hydrogen) atoms. The van der Waals surface area contributed by atoms with Crippen LogP contribution in [-0.2, 0) is 4.74 Å². The number of hydrogen-bond acceptors (Lipinski definition) is 5. The summed E-state index contributed by atoms with van der Waals surface area (Å²) >= 11 is 6.26. The van der Waals surface area contributed by atoms with Gasteiger partial charge in [-0.2, -0.15) is 0 Å². The molecular weight excluding hydrogens is 340 g/mol. The molecular formula is C18H23ClN4O2. The van der Waals surface area contributed by atoms with Gasteiger partial charge in [-0.1, -0.05) is 17.7 Å². The predicted molar refractivity (Wildman–Crippen MR) is 101 cm³/mol. The molecule has 0 unspecified atom stereocenters. The summed E-state index contributed by atoms with van der Waals surface area (Å²) in [7, 11) is 1.66. The van der Waals surface area contributed by atoms with E-state index in [4.69, 9.17) is 16.3 Å². The third kappa shape index (κ3) is 5.41. The summed E-state index contributed by atoms with van der Waals surface area (Å²) in [6, 6.07) is 5.43. The van der Waals surface area contributed by atoms with Crippen molar-refractivity contribution in [2.24, 2.45) is 0 Å². The van der Waals surface area contributed by atoms with Crippen LogP contribution in [0.5, 0.6) is 0 Å². The highest BCUT2D eigenvalue weighted by molar-refractivity contribution is 6.34. The van der Waals surface area contributed by atoms with Crippen LogP contribution in [0.2, 0.25) is 5.02 Å². The van der Waals surface area contributed by atoms with E-state index in [1.54, 1.807) is 13.2 Å². The minimum atomic E-state index is -0.320. The maximum Gasteiger partial charge on any atom is 0.274 e. The molecule has 0 aliphatic heterocycles. The zero-order valence-corrected chi connectivity index (χ0v) is 15.7. The van der Waals surface area contributed by atoms with E-state index < -0.39 is 0 Å². The second kappa shape index (κ2) is 8.78. The summed E-state index contributed by atoms with van der Waals surface area (Å²) in [5, 5.41) is 6.45. The maximum atomic E-state index is 12.6. The minimum Gasteiger partial charge on any atom is -0.385 e. The van der Waals surface area contributed by atoms with Gasteiger partial charge in [0.05, 0.1) is 10.7 Å². The van der Waals surface area contributed by atoms with Crippen molar-refractivity contribution in [1.29, 1.82) is 0 Å². The van der Waals surface area contributed by atoms with Crippen molar-refractivity contribution in [3.63, 3.8) is 0 Å². The van der Waals surface area contributed by atoms with Crippen LogP contribution in [0.15, 0.2) is 18.2 Å². The normalized spacial score (nSPS) is 10.6. The molecule has 0 aliphatic carbocycles. The topological polar surface area (TPSA) is 76.1 Å². The third-order valence-electron chi connectivity index (χ3n) is 3.57. The molecule has 0 saturated carbocycles. The van der Waals surface area contributed by atoms with E-state index in [0.717, 1.165) is 17.5 Å². The number of benzene rings is 1. The first-order valence-corrected chi connectivity index (χ1v) is 8.45. The second-order valence-electron chi connectivity index (χ2n) is 5.88. The van der Waals surface area contributed by atoms with Crippen molar-refractivity contribution in [3.05, 3.63) is 45.7 Å². The summed E-state index contributed by atoms with van der Waals surface area (Å²) < 4.78 is 5.01. The highest BCUT2D eigenvalue weighted by Crippen LogP contribution is 2.27. The fourth-order valence-corrected chi connectivity index (χ4v) is 2.80. The van der Waals surface area contributed by atoms with E-state index in [2.05, 4.69) is 20.6 Å². The van der Waals surface area contributed by atoms with E-state index in [1.165, 1.54) is 0 Å². The molecule has 1 heterocycles. The van der Waals surface area contributed by atoms with Gasteiger partial charge in [-0.25, -0.2) is 9.97 Å². The summed E-state index contributed by atoms with van der Waals surface area (Å²) in [6.45, 7) is 7.00. The van der Waals surface area contributed by atoms with Crippen molar-refractivity contribution in [3.8, 4) is 0 Å². The Morgan fingerprint density at radius 1 is 1.20 bits per heavy atom. The highest BCUT2D eigenvalue weighted by atomic mass is 35.5. The number of carbonyl (C=O) groups excluding carboxylic acids is 1. The van der Waals surface area contributed by atoms with E-state index >= 15 is 0 Å². The largest absolute Gasteiger partial charge is 0.385 e. The fourth-order valence-electron chi connectivity index (χ4n) is 2.43. The van der Waals surface area contributed by atoms with Gasteiger partial charge in [0.1, 0.15) is 5.69 Å². The molecule has 0 spiro atoms. The smallest absolute Gasteiger partial charge is 0.274 e. The van der Waals surface area contributed by atoms with Crippen LogP contribution in [0.4, 0.5) is 11.6 Å². The summed E-state index contributed by atoms with van der Waals surface area (Å²) in [6.07, 6.45) is 0.827. The molecule has 0 saturated heterocycles. The number of aryl methyl sites for hydroxylation is 3. The number of nitrogens with zero attached hydrogens (tertiary/aromatic N) is 2. The number of hydrogen-bond donors (Lipinski definition) is 2. The van der Waals surface area contributed by atoms with Gasteiger partial charge in [-0.15, -0.1) is 0 Å². The monoisotopic (exact) mass is 362 g/mol. The SMILES string of the molecule is COCCCNc1nc(C)cc(C(=O)Nc2c(C)cc(C)cc2Cl)n1. The summed E-state index contributed by atoms with van der Waals surface area (Å²) in [5.74, 6) is 0.104. The number of ether oxygens (including phenoxy) is 1. The predicted octanol–water partition coefficient (Wildman–Crippen LogP) is 3.76. The van der Waals surface area contributed by atoms with E-state index in [9.17, 15) is 4.79 Å². The lowest BCUT2D eigenvalue weighted by Gasteiger charge is -2.12. The van der Waals surface area contributed by atoms with Crippen molar-refractivity contribution < 1.29 is 9.53 Å². The van der Waals surface area contributed by atoms with Crippen LogP contribution in [0, 0.1) is 20.8 Å². The number of carbonyl (C=O) groups is 1. The fraction of sp³-hybridized carbons (Fsp3) is 0.389. The Hall–Kier alpha value is -2.18. The number of aromatic nitrogens is 2. The lowest BCUT2D eigenvalue weighted by atomic mass is 10.1. The Morgan fingerprint density at radius 3 is 2.64 bits per heavy atom. The Morgan fingerprint density at radius 2 is 1.96 bits per heavy atom. The van der Waals surface area contributed by atoms with Gasteiger partial charge in [0.25, 0.3) is 5.91 Å². The van der Waals surface area contributed by atoms with E-state index in [-0.39, 0.29) is 11.6 Å². The molecule has 1 aromatic carbocycles. The Balaban J connectivity index is 2.15. The lowest BCUT2D eigenvalue weighted by Crippen LogP contribution is -2.17. The summed E-state index contributed by atoms with van der Waals surface area (Å²) in [4.78, 5) is 21.2. The first-order chi connectivity index (χ1) is 11.9. The number of rotatable bonds is 7. The van der Waals surface area contributed by atoms with Gasteiger partial charge < -0.3 is 15.4 Å². The van der Waals surface area contributed by atoms with Crippen molar-refractivity contribution in [2.45, 2.75) is 27.2 Å². The second-order valence-corrected chi connectivity index (χ2v) is 6.29. The van der Waals surface area contributed by atoms with Crippen LogP contribution in [0.3, 0.4) is 0 Å². The number of anilines is 2. The molecule has 0 aliphatic rings. The van der Waals surface area contributed by atoms with Crippen molar-refractivity contribution in [2.75, 3.05) is 30.9 Å². The standard InChI is InChI=1S/C18H23ClN4O2/c1-11-8-12(2)16(14(19)9-11)23-17(24)15-10-13(3)21-18(22-15)20-6-5-7-25-4/h8-10H,5-7H2,1-4H3,(H,23,24)(H,20,21,22). The van der Waals surface area contributed by atoms with Crippen LogP contribution in [0.25, 0.3) is 0 Å². The molecule has 6 nitrogen and oxygen atoms in total. The zero-order chi connectivity index (χ0) is 18.4. The Kier molecular flexibility index (Phi) is 6.73. The van der Waals surface area contributed by atoms with Crippen LogP contribution in [-0.4, -0.2) is 36.1 Å². The first-order valence-electron chi connectivity index (χ1n) is 8.07. The van der Waals surface area contributed by atoms with Gasteiger partial charge in [0.2, 0.25) is 5.95 Å². The molecule has 2 aromatic rings. The van der Waals surface area contributed by atoms with Gasteiger partial charge in [0.15, 0.2) is 0 Å². The minimum absolute atomic E-state index is 0.290. The maximum absolute atomic E-state index is 12.6. The molecule has 2 rings (SSSR count). The molecule has 2 N–H and O–H groups in total. The summed E-state index contributed by atoms with van der Waals surface area (Å²) in [5.41, 5.74) is 3.55. The molecule has 1 aromatic heterocycles. The van der Waals surface area contributed by atoms with Crippen molar-refractivity contribution >= 4 is 29.1 Å². The van der Waals surface area contributed by atoms with Crippen molar-refractivity contribution in [1.82, 2.24) is 9.97 Å². The molecule has 134 valence electrons. The van der Waals surface area contributed by atoms with E-state index in [1.807, 2.05) is 32.9 Å². The van der Waals surface area contributed by atoms with Gasteiger partial charge >= 0.3 is 0 Å². The molecule has 7 heteroatoms. The Labute approximate surface area is 153 Å². The molecule has 0 bridgehead atoms. The Bertz CT molecular complexity index is 742. The molecule has 0 atom stereocenters. The van der Waals surface area contributed by atoms with Gasteiger partial charge in [-0.05, 0) is 50.5 Å². The number of methoxy groups -OCH3 is 1. The average Bonchev–Trinajstić information content (AvgIpc) is 2.54. The molecule has 1 amide bonds. The zero-order valence-electron chi connectivity index (χ0n) is 14.9. The highest BCUT2D eigenvalue weighted by Gasteiger charge is 2.14. The molecule has 0 fully saturated rings. The number of halogens is 1. The van der Waals surface area contributed by atoms with Crippen LogP contribution >= 0.6 is 11.6 Å². The number of nitrogens with one attached hydrogen (secondary N) is 2.